The first kappa shape index (κ1) is 12.2. The van der Waals surface area contributed by atoms with Crippen LogP contribution in [0.3, 0.4) is 0 Å². The van der Waals surface area contributed by atoms with E-state index in [9.17, 15) is 20.4 Å². The van der Waals surface area contributed by atoms with Gasteiger partial charge < -0.3 is 29.9 Å². The molecule has 0 fully saturated rings. The maximum Gasteiger partial charge on any atom is 0.161 e. The summed E-state index contributed by atoms with van der Waals surface area (Å²) in [6.45, 7) is 0. The van der Waals surface area contributed by atoms with Gasteiger partial charge in [0.1, 0.15) is 34.9 Å². The third-order valence-corrected chi connectivity index (χ3v) is 3.82. The quantitative estimate of drug-likeness (QED) is 0.589. The lowest BCUT2D eigenvalue weighted by Gasteiger charge is -2.41. The zero-order valence-electron chi connectivity index (χ0n) is 10.7. The summed E-state index contributed by atoms with van der Waals surface area (Å²) in [4.78, 5) is 0. The number of phenols is 3. The van der Waals surface area contributed by atoms with Gasteiger partial charge in [-0.3, -0.25) is 0 Å². The summed E-state index contributed by atoms with van der Waals surface area (Å²) in [5, 5.41) is 39.4. The number of ether oxygens (including phenoxy) is 2. The third kappa shape index (κ3) is 1.62. The lowest BCUT2D eigenvalue weighted by atomic mass is 9.88. The number of phenolic OH excluding ortho intramolecular Hbond substituents is 3. The summed E-state index contributed by atoms with van der Waals surface area (Å²) in [7, 11) is 0. The predicted octanol–water partition coefficient (Wildman–Crippen LogP) is 1.73. The van der Waals surface area contributed by atoms with Crippen LogP contribution in [0.4, 0.5) is 0 Å². The zero-order chi connectivity index (χ0) is 14.7. The van der Waals surface area contributed by atoms with E-state index in [1.165, 1.54) is 18.2 Å². The van der Waals surface area contributed by atoms with Gasteiger partial charge in [0.2, 0.25) is 0 Å². The fourth-order valence-corrected chi connectivity index (χ4v) is 2.89. The van der Waals surface area contributed by atoms with Crippen molar-refractivity contribution in [2.24, 2.45) is 0 Å². The minimum atomic E-state index is -0.995. The molecule has 0 aliphatic carbocycles. The maximum atomic E-state index is 10.4. The Kier molecular flexibility index (Phi) is 2.29. The molecule has 0 aromatic heterocycles. The van der Waals surface area contributed by atoms with Gasteiger partial charge >= 0.3 is 0 Å². The van der Waals surface area contributed by atoms with Gasteiger partial charge in [0.25, 0.3) is 0 Å². The fraction of sp³-hybridized carbons (Fsp3) is 0.200. The van der Waals surface area contributed by atoms with Crippen molar-refractivity contribution in [3.8, 4) is 28.7 Å². The molecule has 108 valence electrons. The molecule has 6 nitrogen and oxygen atoms in total. The molecule has 2 aliphatic heterocycles. The topological polar surface area (TPSA) is 99.4 Å². The highest BCUT2D eigenvalue weighted by Crippen LogP contribution is 2.53. The van der Waals surface area contributed by atoms with Gasteiger partial charge in [-0.05, 0) is 12.1 Å². The van der Waals surface area contributed by atoms with Gasteiger partial charge in [0.05, 0.1) is 5.56 Å². The molecule has 0 radical (unpaired) electrons. The lowest BCUT2D eigenvalue weighted by Crippen LogP contribution is -2.40. The average molecular weight is 288 g/mol. The number of aliphatic hydroxyl groups is 1. The molecule has 2 bridgehead atoms. The number of hydrogen-bond donors (Lipinski definition) is 4. The molecule has 21 heavy (non-hydrogen) atoms. The normalized spacial score (nSPS) is 25.3. The van der Waals surface area contributed by atoms with Crippen LogP contribution in [0.5, 0.6) is 28.7 Å². The molecule has 0 amide bonds. The standard InChI is InChI=1S/C15H12O6/c16-6-1-2-8-10(4-6)20-15-12-9(18)3-7(17)5-11(12)21-14(8)13(15)19/h1-5,13-19H/t13-,14-,15-/m0/s1. The van der Waals surface area contributed by atoms with Gasteiger partial charge in [0.15, 0.2) is 12.2 Å². The molecule has 2 aromatic rings. The van der Waals surface area contributed by atoms with Crippen LogP contribution in [0.1, 0.15) is 23.3 Å². The van der Waals surface area contributed by atoms with Crippen LogP contribution >= 0.6 is 0 Å². The molecule has 0 saturated carbocycles. The van der Waals surface area contributed by atoms with E-state index in [0.717, 1.165) is 6.07 Å². The molecule has 4 rings (SSSR count). The fourth-order valence-electron chi connectivity index (χ4n) is 2.89. The summed E-state index contributed by atoms with van der Waals surface area (Å²) in [5.41, 5.74) is 0.885. The van der Waals surface area contributed by atoms with Crippen molar-refractivity contribution in [3.05, 3.63) is 41.5 Å². The smallest absolute Gasteiger partial charge is 0.161 e. The lowest BCUT2D eigenvalue weighted by molar-refractivity contribution is -0.0778. The summed E-state index contributed by atoms with van der Waals surface area (Å²) in [5.74, 6) is 0.362. The van der Waals surface area contributed by atoms with E-state index in [1.807, 2.05) is 0 Å². The Morgan fingerprint density at radius 1 is 0.810 bits per heavy atom. The summed E-state index contributed by atoms with van der Waals surface area (Å²) in [6, 6.07) is 7.07. The van der Waals surface area contributed by atoms with Crippen LogP contribution in [0.15, 0.2) is 30.3 Å². The molecule has 0 saturated heterocycles. The molecule has 6 heteroatoms. The first-order valence-electron chi connectivity index (χ1n) is 6.45. The molecule has 3 atom stereocenters. The van der Waals surface area contributed by atoms with Crippen LogP contribution < -0.4 is 9.47 Å². The third-order valence-electron chi connectivity index (χ3n) is 3.82. The Morgan fingerprint density at radius 2 is 1.52 bits per heavy atom. The Morgan fingerprint density at radius 3 is 2.33 bits per heavy atom. The monoisotopic (exact) mass is 288 g/mol. The van der Waals surface area contributed by atoms with E-state index in [-0.39, 0.29) is 28.6 Å². The maximum absolute atomic E-state index is 10.4. The average Bonchev–Trinajstić information content (AvgIpc) is 2.40. The van der Waals surface area contributed by atoms with E-state index < -0.39 is 18.3 Å². The molecule has 4 N–H and O–H groups in total. The largest absolute Gasteiger partial charge is 0.508 e. The Bertz CT molecular complexity index is 741. The SMILES string of the molecule is Oc1ccc2c(c1)O[C@H]1c3c(O)cc(O)cc3O[C@@H]2[C@@H]1O. The number of hydrogen-bond acceptors (Lipinski definition) is 6. The second kappa shape index (κ2) is 3.95. The number of aromatic hydroxyl groups is 3. The highest BCUT2D eigenvalue weighted by atomic mass is 16.5. The minimum absolute atomic E-state index is 0.0402. The second-order valence-electron chi connectivity index (χ2n) is 5.17. The van der Waals surface area contributed by atoms with Crippen molar-refractivity contribution in [1.82, 2.24) is 0 Å². The highest BCUT2D eigenvalue weighted by Gasteiger charge is 2.46. The van der Waals surface area contributed by atoms with Crippen LogP contribution in [-0.4, -0.2) is 26.5 Å². The zero-order valence-corrected chi connectivity index (χ0v) is 10.7. The molecular weight excluding hydrogens is 276 g/mol. The van der Waals surface area contributed by atoms with E-state index in [2.05, 4.69) is 0 Å². The first-order chi connectivity index (χ1) is 10.0. The van der Waals surface area contributed by atoms with Crippen LogP contribution in [0.25, 0.3) is 0 Å². The number of rotatable bonds is 0. The summed E-state index contributed by atoms with van der Waals surface area (Å²) in [6.07, 6.45) is -2.51. The summed E-state index contributed by atoms with van der Waals surface area (Å²) < 4.78 is 11.4. The molecule has 2 aromatic carbocycles. The van der Waals surface area contributed by atoms with E-state index >= 15 is 0 Å². The van der Waals surface area contributed by atoms with E-state index in [1.54, 1.807) is 6.07 Å². The minimum Gasteiger partial charge on any atom is -0.508 e. The van der Waals surface area contributed by atoms with Crippen molar-refractivity contribution in [2.75, 3.05) is 0 Å². The summed E-state index contributed by atoms with van der Waals surface area (Å²) >= 11 is 0. The Balaban J connectivity index is 1.91. The van der Waals surface area contributed by atoms with Gasteiger partial charge in [0, 0.05) is 23.8 Å². The molecule has 0 unspecified atom stereocenters. The van der Waals surface area contributed by atoms with Gasteiger partial charge in [-0.1, -0.05) is 0 Å². The molecule has 0 spiro atoms. The molecule has 2 aliphatic rings. The van der Waals surface area contributed by atoms with Crippen molar-refractivity contribution in [1.29, 1.82) is 0 Å². The van der Waals surface area contributed by atoms with Crippen LogP contribution in [0, 0.1) is 0 Å². The van der Waals surface area contributed by atoms with Crippen LogP contribution in [-0.2, 0) is 0 Å². The van der Waals surface area contributed by atoms with E-state index in [4.69, 9.17) is 9.47 Å². The number of benzene rings is 2. The second-order valence-corrected chi connectivity index (χ2v) is 5.17. The van der Waals surface area contributed by atoms with Crippen LogP contribution in [0.2, 0.25) is 0 Å². The Labute approximate surface area is 119 Å². The van der Waals surface area contributed by atoms with Crippen molar-refractivity contribution in [2.45, 2.75) is 18.3 Å². The van der Waals surface area contributed by atoms with Crippen molar-refractivity contribution in [3.63, 3.8) is 0 Å². The van der Waals surface area contributed by atoms with Crippen molar-refractivity contribution >= 4 is 0 Å². The number of fused-ring (bicyclic) bond motifs is 6. The van der Waals surface area contributed by atoms with Gasteiger partial charge in [-0.25, -0.2) is 0 Å². The highest BCUT2D eigenvalue weighted by molar-refractivity contribution is 5.56. The Hall–Kier alpha value is -2.60. The molecular formula is C15H12O6. The van der Waals surface area contributed by atoms with E-state index in [0.29, 0.717) is 11.3 Å². The van der Waals surface area contributed by atoms with Crippen molar-refractivity contribution < 1.29 is 29.9 Å². The predicted molar refractivity (Wildman–Crippen MR) is 70.6 cm³/mol. The first-order valence-corrected chi connectivity index (χ1v) is 6.45. The number of aliphatic hydroxyl groups excluding tert-OH is 1. The van der Waals surface area contributed by atoms with Gasteiger partial charge in [-0.15, -0.1) is 0 Å². The van der Waals surface area contributed by atoms with Gasteiger partial charge in [-0.2, -0.15) is 0 Å². The molecule has 2 heterocycles.